The van der Waals surface area contributed by atoms with Crippen LogP contribution in [0.3, 0.4) is 0 Å². The fourth-order valence-corrected chi connectivity index (χ4v) is 4.29. The average Bonchev–Trinajstić information content (AvgIpc) is 3.34. The third-order valence-corrected chi connectivity index (χ3v) is 5.88. The monoisotopic (exact) mass is 413 g/mol. The van der Waals surface area contributed by atoms with Crippen LogP contribution < -0.4 is 14.5 Å². The van der Waals surface area contributed by atoms with Gasteiger partial charge in [-0.2, -0.15) is 5.10 Å². The van der Waals surface area contributed by atoms with E-state index < -0.39 is 0 Å². The van der Waals surface area contributed by atoms with Crippen LogP contribution in [0.25, 0.3) is 0 Å². The number of hydrogen-bond acceptors (Lipinski definition) is 6. The van der Waals surface area contributed by atoms with Gasteiger partial charge in [0.2, 0.25) is 5.13 Å². The molecule has 7 heteroatoms. The Morgan fingerprint density at radius 2 is 1.89 bits per heavy atom. The summed E-state index contributed by atoms with van der Waals surface area (Å²) in [5.41, 5.74) is 4.03. The molecule has 0 radical (unpaired) electrons. The molecule has 0 unspecified atom stereocenters. The number of anilines is 1. The van der Waals surface area contributed by atoms with E-state index in [9.17, 15) is 0 Å². The largest absolute Gasteiger partial charge is 0.493 e. The van der Waals surface area contributed by atoms with E-state index in [1.165, 1.54) is 0 Å². The number of rotatable bonds is 5. The zero-order chi connectivity index (χ0) is 19.7. The summed E-state index contributed by atoms with van der Waals surface area (Å²) in [6, 6.07) is 13.7. The molecule has 2 aromatic carbocycles. The van der Waals surface area contributed by atoms with Crippen LogP contribution in [-0.4, -0.2) is 24.9 Å². The minimum atomic E-state index is -0.0405. The number of hydrogen-bond donors (Lipinski definition) is 0. The van der Waals surface area contributed by atoms with Crippen LogP contribution in [0.2, 0.25) is 5.02 Å². The van der Waals surface area contributed by atoms with Gasteiger partial charge in [-0.05, 0) is 30.7 Å². The lowest BCUT2D eigenvalue weighted by molar-refractivity contribution is 0.349. The molecule has 0 saturated heterocycles. The molecule has 144 valence electrons. The molecule has 0 amide bonds. The second-order valence-electron chi connectivity index (χ2n) is 6.47. The lowest BCUT2D eigenvalue weighted by Gasteiger charge is -2.23. The second-order valence-corrected chi connectivity index (χ2v) is 7.75. The third-order valence-electron chi connectivity index (χ3n) is 4.68. The van der Waals surface area contributed by atoms with Crippen molar-refractivity contribution in [2.45, 2.75) is 19.4 Å². The highest BCUT2D eigenvalue weighted by Gasteiger charge is 2.34. The standard InChI is InChI=1S/C21H20ClN3O2S/c1-13-12-28-21(23-13)25-18(16-5-4-6-19(26-2)20(16)27-3)11-17(24-25)14-7-9-15(22)10-8-14/h4-10,12,18H,11H2,1-3H3/t18-/m1/s1. The lowest BCUT2D eigenvalue weighted by Crippen LogP contribution is -2.19. The molecule has 0 aliphatic carbocycles. The summed E-state index contributed by atoms with van der Waals surface area (Å²) >= 11 is 7.64. The molecule has 2 heterocycles. The molecule has 1 aliphatic rings. The van der Waals surface area contributed by atoms with Gasteiger partial charge in [-0.1, -0.05) is 35.9 Å². The Morgan fingerprint density at radius 3 is 2.54 bits per heavy atom. The number of ether oxygens (including phenoxy) is 2. The van der Waals surface area contributed by atoms with Gasteiger partial charge in [0.05, 0.1) is 31.7 Å². The quantitative estimate of drug-likeness (QED) is 0.555. The van der Waals surface area contributed by atoms with Crippen molar-refractivity contribution in [3.8, 4) is 11.5 Å². The van der Waals surface area contributed by atoms with E-state index in [4.69, 9.17) is 26.2 Å². The number of benzene rings is 2. The van der Waals surface area contributed by atoms with Crippen molar-refractivity contribution in [3.05, 3.63) is 69.7 Å². The van der Waals surface area contributed by atoms with Crippen LogP contribution in [0.5, 0.6) is 11.5 Å². The summed E-state index contributed by atoms with van der Waals surface area (Å²) in [6.45, 7) is 1.99. The van der Waals surface area contributed by atoms with Crippen LogP contribution in [0.1, 0.15) is 29.3 Å². The highest BCUT2D eigenvalue weighted by Crippen LogP contribution is 2.44. The van der Waals surface area contributed by atoms with Crippen LogP contribution in [0, 0.1) is 6.92 Å². The van der Waals surface area contributed by atoms with E-state index >= 15 is 0 Å². The second kappa shape index (κ2) is 7.81. The maximum atomic E-state index is 6.05. The normalized spacial score (nSPS) is 16.2. The molecule has 0 N–H and O–H groups in total. The Hall–Kier alpha value is -2.57. The zero-order valence-corrected chi connectivity index (χ0v) is 17.4. The van der Waals surface area contributed by atoms with Gasteiger partial charge >= 0.3 is 0 Å². The number of hydrazone groups is 1. The smallest absolute Gasteiger partial charge is 0.206 e. The number of aryl methyl sites for hydroxylation is 1. The fraction of sp³-hybridized carbons (Fsp3) is 0.238. The van der Waals surface area contributed by atoms with E-state index in [-0.39, 0.29) is 6.04 Å². The van der Waals surface area contributed by atoms with Gasteiger partial charge in [0.25, 0.3) is 0 Å². The highest BCUT2D eigenvalue weighted by atomic mass is 35.5. The Kier molecular flexibility index (Phi) is 5.24. The summed E-state index contributed by atoms with van der Waals surface area (Å²) < 4.78 is 11.2. The molecule has 0 spiro atoms. The van der Waals surface area contributed by atoms with Gasteiger partial charge in [0, 0.05) is 22.4 Å². The molecule has 3 aromatic rings. The van der Waals surface area contributed by atoms with Crippen molar-refractivity contribution in [2.75, 3.05) is 19.2 Å². The molecule has 0 saturated carbocycles. The molecule has 0 bridgehead atoms. The lowest BCUT2D eigenvalue weighted by atomic mass is 9.97. The summed E-state index contributed by atoms with van der Waals surface area (Å²) in [6.07, 6.45) is 0.726. The van der Waals surface area contributed by atoms with Crippen molar-refractivity contribution >= 4 is 33.8 Å². The maximum absolute atomic E-state index is 6.05. The van der Waals surface area contributed by atoms with E-state index in [1.807, 2.05) is 53.7 Å². The predicted molar refractivity (Wildman–Crippen MR) is 114 cm³/mol. The first-order valence-corrected chi connectivity index (χ1v) is 10.1. The Morgan fingerprint density at radius 1 is 1.11 bits per heavy atom. The molecule has 1 aliphatic heterocycles. The summed E-state index contributed by atoms with van der Waals surface area (Å²) in [7, 11) is 3.31. The Balaban J connectivity index is 1.79. The van der Waals surface area contributed by atoms with Crippen molar-refractivity contribution in [1.82, 2.24) is 4.98 Å². The number of methoxy groups -OCH3 is 2. The molecular formula is C21H20ClN3O2S. The van der Waals surface area contributed by atoms with Gasteiger partial charge in [-0.15, -0.1) is 11.3 Å². The molecule has 5 nitrogen and oxygen atoms in total. The summed E-state index contributed by atoms with van der Waals surface area (Å²) in [5.74, 6) is 1.43. The predicted octanol–water partition coefficient (Wildman–Crippen LogP) is 5.48. The SMILES string of the molecule is COc1cccc([C@H]2CC(c3ccc(Cl)cc3)=NN2c2nc(C)cs2)c1OC. The topological polar surface area (TPSA) is 47.0 Å². The van der Waals surface area contributed by atoms with Crippen LogP contribution in [0.4, 0.5) is 5.13 Å². The van der Waals surface area contributed by atoms with E-state index in [1.54, 1.807) is 25.6 Å². The first-order chi connectivity index (χ1) is 13.6. The maximum Gasteiger partial charge on any atom is 0.206 e. The summed E-state index contributed by atoms with van der Waals surface area (Å²) in [4.78, 5) is 4.65. The van der Waals surface area contributed by atoms with E-state index in [2.05, 4.69) is 11.1 Å². The number of nitrogens with zero attached hydrogens (tertiary/aromatic N) is 3. The summed E-state index contributed by atoms with van der Waals surface area (Å²) in [5, 5.41) is 10.5. The Bertz CT molecular complexity index is 1020. The molecule has 1 aromatic heterocycles. The third kappa shape index (κ3) is 3.45. The van der Waals surface area contributed by atoms with Crippen molar-refractivity contribution in [2.24, 2.45) is 5.10 Å². The molecule has 28 heavy (non-hydrogen) atoms. The molecular weight excluding hydrogens is 394 g/mol. The zero-order valence-electron chi connectivity index (χ0n) is 15.8. The van der Waals surface area contributed by atoms with Gasteiger partial charge in [-0.25, -0.2) is 9.99 Å². The minimum absolute atomic E-state index is 0.0405. The van der Waals surface area contributed by atoms with E-state index in [0.717, 1.165) is 39.8 Å². The average molecular weight is 414 g/mol. The number of halogens is 1. The number of para-hydroxylation sites is 1. The van der Waals surface area contributed by atoms with Crippen molar-refractivity contribution in [1.29, 1.82) is 0 Å². The number of thiazole rings is 1. The number of aromatic nitrogens is 1. The van der Waals surface area contributed by atoms with E-state index in [0.29, 0.717) is 10.8 Å². The fourth-order valence-electron chi connectivity index (χ4n) is 3.37. The first-order valence-electron chi connectivity index (χ1n) is 8.86. The van der Waals surface area contributed by atoms with Gasteiger partial charge in [-0.3, -0.25) is 0 Å². The van der Waals surface area contributed by atoms with Crippen LogP contribution >= 0.6 is 22.9 Å². The first kappa shape index (κ1) is 18.8. The highest BCUT2D eigenvalue weighted by molar-refractivity contribution is 7.13. The minimum Gasteiger partial charge on any atom is -0.493 e. The Labute approximate surface area is 173 Å². The van der Waals surface area contributed by atoms with Gasteiger partial charge in [0.1, 0.15) is 0 Å². The molecule has 0 fully saturated rings. The van der Waals surface area contributed by atoms with Crippen molar-refractivity contribution in [3.63, 3.8) is 0 Å². The van der Waals surface area contributed by atoms with Crippen molar-refractivity contribution < 1.29 is 9.47 Å². The van der Waals surface area contributed by atoms with Crippen LogP contribution in [0.15, 0.2) is 52.9 Å². The van der Waals surface area contributed by atoms with Gasteiger partial charge in [0.15, 0.2) is 11.5 Å². The van der Waals surface area contributed by atoms with Crippen LogP contribution in [-0.2, 0) is 0 Å². The molecule has 4 rings (SSSR count). The molecule has 1 atom stereocenters. The van der Waals surface area contributed by atoms with Gasteiger partial charge < -0.3 is 9.47 Å².